The van der Waals surface area contributed by atoms with Gasteiger partial charge >= 0.3 is 0 Å². The second-order valence-electron chi connectivity index (χ2n) is 5.01. The number of ether oxygens (including phenoxy) is 1. The van der Waals surface area contributed by atoms with E-state index < -0.39 is 4.92 Å². The molecule has 0 atom stereocenters. The van der Waals surface area contributed by atoms with Gasteiger partial charge < -0.3 is 9.64 Å². The number of aromatic nitrogens is 1. The third-order valence-corrected chi connectivity index (χ3v) is 4.19. The summed E-state index contributed by atoms with van der Waals surface area (Å²) in [5, 5.41) is 12.3. The molecule has 1 aliphatic rings. The molecule has 0 radical (unpaired) electrons. The lowest BCUT2D eigenvalue weighted by molar-refractivity contribution is -0.384. The van der Waals surface area contributed by atoms with Crippen LogP contribution in [0.5, 0.6) is 5.75 Å². The number of non-ortho nitro benzene ring substituents is 1. The molecule has 3 rings (SSSR count). The SMILES string of the molecule is Cc1nscc1C(=O)N1CC(Oc2ccc([N+](=O)[O-])cc2)C1. The van der Waals surface area contributed by atoms with Crippen molar-refractivity contribution in [2.45, 2.75) is 13.0 Å². The van der Waals surface area contributed by atoms with Crippen molar-refractivity contribution in [1.82, 2.24) is 9.27 Å². The van der Waals surface area contributed by atoms with Gasteiger partial charge in [0.15, 0.2) is 0 Å². The molecule has 2 aromatic rings. The lowest BCUT2D eigenvalue weighted by atomic mass is 10.1. The van der Waals surface area contributed by atoms with Crippen LogP contribution in [-0.2, 0) is 0 Å². The molecule has 1 aromatic heterocycles. The molecule has 114 valence electrons. The number of nitro groups is 1. The van der Waals surface area contributed by atoms with Gasteiger partial charge in [-0.1, -0.05) is 0 Å². The van der Waals surface area contributed by atoms with Gasteiger partial charge in [0.2, 0.25) is 0 Å². The van der Waals surface area contributed by atoms with Crippen LogP contribution in [0.4, 0.5) is 5.69 Å². The molecule has 1 aromatic carbocycles. The zero-order valence-corrected chi connectivity index (χ0v) is 12.6. The lowest BCUT2D eigenvalue weighted by Gasteiger charge is -2.38. The first-order valence-corrected chi connectivity index (χ1v) is 7.49. The summed E-state index contributed by atoms with van der Waals surface area (Å²) in [5.74, 6) is 0.533. The summed E-state index contributed by atoms with van der Waals surface area (Å²) in [7, 11) is 0. The van der Waals surface area contributed by atoms with Gasteiger partial charge in [0.25, 0.3) is 11.6 Å². The molecule has 2 heterocycles. The largest absolute Gasteiger partial charge is 0.487 e. The molecule has 0 spiro atoms. The fourth-order valence-corrected chi connectivity index (χ4v) is 2.87. The molecule has 22 heavy (non-hydrogen) atoms. The summed E-state index contributed by atoms with van der Waals surface area (Å²) in [6.07, 6.45) is -0.0858. The Morgan fingerprint density at radius 3 is 2.64 bits per heavy atom. The van der Waals surface area contributed by atoms with Crippen molar-refractivity contribution in [3.8, 4) is 5.75 Å². The minimum Gasteiger partial charge on any atom is -0.487 e. The van der Waals surface area contributed by atoms with E-state index in [1.165, 1.54) is 23.7 Å². The molecule has 0 N–H and O–H groups in total. The molecule has 0 bridgehead atoms. The number of carbonyl (C=O) groups excluding carboxylic acids is 1. The number of likely N-dealkylation sites (tertiary alicyclic amines) is 1. The predicted molar refractivity (Wildman–Crippen MR) is 80.3 cm³/mol. The fourth-order valence-electron chi connectivity index (χ4n) is 2.19. The lowest BCUT2D eigenvalue weighted by Crippen LogP contribution is -2.56. The monoisotopic (exact) mass is 319 g/mol. The average Bonchev–Trinajstić information content (AvgIpc) is 2.88. The average molecular weight is 319 g/mol. The van der Waals surface area contributed by atoms with Gasteiger partial charge in [-0.05, 0) is 30.6 Å². The topological polar surface area (TPSA) is 85.6 Å². The number of nitrogens with zero attached hydrogens (tertiary/aromatic N) is 3. The molecule has 0 aliphatic carbocycles. The Hall–Kier alpha value is -2.48. The first-order chi connectivity index (χ1) is 10.5. The first-order valence-electron chi connectivity index (χ1n) is 6.66. The van der Waals surface area contributed by atoms with E-state index in [9.17, 15) is 14.9 Å². The smallest absolute Gasteiger partial charge is 0.269 e. The third kappa shape index (κ3) is 2.77. The number of hydrogen-bond acceptors (Lipinski definition) is 6. The molecule has 8 heteroatoms. The van der Waals surface area contributed by atoms with Crippen LogP contribution in [0, 0.1) is 17.0 Å². The number of hydrogen-bond donors (Lipinski definition) is 0. The number of aryl methyl sites for hydroxylation is 1. The summed E-state index contributed by atoms with van der Waals surface area (Å²) in [6, 6.07) is 5.93. The van der Waals surface area contributed by atoms with E-state index in [-0.39, 0.29) is 17.7 Å². The molecule has 1 amide bonds. The maximum absolute atomic E-state index is 12.2. The highest BCUT2D eigenvalue weighted by molar-refractivity contribution is 7.03. The van der Waals surface area contributed by atoms with Crippen molar-refractivity contribution in [2.75, 3.05) is 13.1 Å². The highest BCUT2D eigenvalue weighted by atomic mass is 32.1. The molecule has 1 aliphatic heterocycles. The van der Waals surface area contributed by atoms with Crippen LogP contribution >= 0.6 is 11.5 Å². The summed E-state index contributed by atoms with van der Waals surface area (Å²) >= 11 is 1.27. The quantitative estimate of drug-likeness (QED) is 0.637. The Morgan fingerprint density at radius 1 is 1.41 bits per heavy atom. The van der Waals surface area contributed by atoms with Crippen LogP contribution in [0.2, 0.25) is 0 Å². The fraction of sp³-hybridized carbons (Fsp3) is 0.286. The van der Waals surface area contributed by atoms with Crippen LogP contribution in [-0.4, -0.2) is 39.3 Å². The van der Waals surface area contributed by atoms with E-state index in [2.05, 4.69) is 4.37 Å². The van der Waals surface area contributed by atoms with Crippen LogP contribution in [0.15, 0.2) is 29.6 Å². The van der Waals surface area contributed by atoms with Crippen molar-refractivity contribution >= 4 is 23.1 Å². The molecule has 0 saturated carbocycles. The van der Waals surface area contributed by atoms with E-state index in [1.54, 1.807) is 22.4 Å². The highest BCUT2D eigenvalue weighted by Crippen LogP contribution is 2.23. The van der Waals surface area contributed by atoms with Gasteiger partial charge in [-0.2, -0.15) is 4.37 Å². The van der Waals surface area contributed by atoms with E-state index in [1.807, 2.05) is 6.92 Å². The molecular formula is C14H13N3O4S. The molecule has 1 fully saturated rings. The van der Waals surface area contributed by atoms with E-state index in [0.29, 0.717) is 24.4 Å². The number of benzene rings is 1. The summed E-state index contributed by atoms with van der Waals surface area (Å²) in [5.41, 5.74) is 1.41. The number of nitro benzene ring substituents is 1. The highest BCUT2D eigenvalue weighted by Gasteiger charge is 2.33. The summed E-state index contributed by atoms with van der Waals surface area (Å²) in [4.78, 5) is 24.0. The van der Waals surface area contributed by atoms with Crippen LogP contribution in [0.25, 0.3) is 0 Å². The Labute approximate surface area is 130 Å². The predicted octanol–water partition coefficient (Wildman–Crippen LogP) is 2.26. The van der Waals surface area contributed by atoms with Crippen LogP contribution < -0.4 is 4.74 Å². The van der Waals surface area contributed by atoms with Crippen molar-refractivity contribution in [3.05, 3.63) is 51.0 Å². The minimum absolute atomic E-state index is 0.0261. The van der Waals surface area contributed by atoms with Gasteiger partial charge in [0.05, 0.1) is 29.3 Å². The van der Waals surface area contributed by atoms with Gasteiger partial charge in [0.1, 0.15) is 11.9 Å². The Balaban J connectivity index is 1.54. The van der Waals surface area contributed by atoms with Crippen LogP contribution in [0.3, 0.4) is 0 Å². The van der Waals surface area contributed by atoms with Gasteiger partial charge in [0, 0.05) is 17.5 Å². The number of rotatable bonds is 4. The number of amides is 1. The van der Waals surface area contributed by atoms with Gasteiger partial charge in [-0.15, -0.1) is 0 Å². The summed E-state index contributed by atoms with van der Waals surface area (Å²) in [6.45, 7) is 2.82. The van der Waals surface area contributed by atoms with Gasteiger partial charge in [-0.3, -0.25) is 14.9 Å². The van der Waals surface area contributed by atoms with Gasteiger partial charge in [-0.25, -0.2) is 0 Å². The Kier molecular flexibility index (Phi) is 3.76. The Bertz CT molecular complexity index is 707. The maximum Gasteiger partial charge on any atom is 0.269 e. The second-order valence-corrected chi connectivity index (χ2v) is 5.64. The Morgan fingerprint density at radius 2 is 2.09 bits per heavy atom. The molecule has 1 saturated heterocycles. The molecule has 7 nitrogen and oxygen atoms in total. The normalized spacial score (nSPS) is 14.5. The van der Waals surface area contributed by atoms with Crippen molar-refractivity contribution in [1.29, 1.82) is 0 Å². The van der Waals surface area contributed by atoms with Crippen molar-refractivity contribution in [3.63, 3.8) is 0 Å². The maximum atomic E-state index is 12.2. The van der Waals surface area contributed by atoms with Crippen LogP contribution in [0.1, 0.15) is 16.1 Å². The zero-order chi connectivity index (χ0) is 15.7. The zero-order valence-electron chi connectivity index (χ0n) is 11.8. The summed E-state index contributed by atoms with van der Waals surface area (Å²) < 4.78 is 9.78. The van der Waals surface area contributed by atoms with E-state index in [4.69, 9.17) is 4.74 Å². The number of carbonyl (C=O) groups is 1. The third-order valence-electron chi connectivity index (χ3n) is 3.47. The molecular weight excluding hydrogens is 306 g/mol. The molecule has 0 unspecified atom stereocenters. The van der Waals surface area contributed by atoms with E-state index >= 15 is 0 Å². The minimum atomic E-state index is -0.454. The van der Waals surface area contributed by atoms with Crippen molar-refractivity contribution < 1.29 is 14.5 Å². The first kappa shape index (κ1) is 14.5. The van der Waals surface area contributed by atoms with Crippen molar-refractivity contribution in [2.24, 2.45) is 0 Å². The van der Waals surface area contributed by atoms with E-state index in [0.717, 1.165) is 5.69 Å². The standard InChI is InChI=1S/C14H13N3O4S/c1-9-13(8-22-15-9)14(18)16-6-12(7-16)21-11-4-2-10(3-5-11)17(19)20/h2-5,8,12H,6-7H2,1H3. The second kappa shape index (κ2) is 5.72.